The normalized spacial score (nSPS) is 12.5. The van der Waals surface area contributed by atoms with E-state index in [2.05, 4.69) is 33.4 Å². The van der Waals surface area contributed by atoms with E-state index in [1.165, 1.54) is 0 Å². The number of hydrogen-bond donors (Lipinski definition) is 1. The van der Waals surface area contributed by atoms with Crippen LogP contribution in [0.2, 0.25) is 10.0 Å². The summed E-state index contributed by atoms with van der Waals surface area (Å²) in [5.41, 5.74) is 3.29. The highest BCUT2D eigenvalue weighted by Crippen LogP contribution is 2.29. The fourth-order valence-electron chi connectivity index (χ4n) is 2.06. The van der Waals surface area contributed by atoms with E-state index in [-0.39, 0.29) is 6.04 Å². The summed E-state index contributed by atoms with van der Waals surface area (Å²) in [5, 5.41) is 4.79. The van der Waals surface area contributed by atoms with Gasteiger partial charge in [0, 0.05) is 14.5 Å². The van der Waals surface area contributed by atoms with Crippen molar-refractivity contribution in [3.63, 3.8) is 0 Å². The Bertz CT molecular complexity index is 578. The monoisotopic (exact) mass is 357 g/mol. The molecule has 1 nitrogen and oxygen atoms in total. The molecule has 2 rings (SSSR count). The highest BCUT2D eigenvalue weighted by Gasteiger charge is 2.14. The van der Waals surface area contributed by atoms with Crippen molar-refractivity contribution in [2.45, 2.75) is 13.0 Å². The smallest absolute Gasteiger partial charge is 0.0575 e. The minimum absolute atomic E-state index is 0.0631. The summed E-state index contributed by atoms with van der Waals surface area (Å²) in [7, 11) is 1.92. The number of benzene rings is 2. The SMILES string of the molecule is CNC(c1cc(Cl)cc(Br)c1)c1ccc(C)c(Cl)c1. The molecule has 4 heteroatoms. The third-order valence-electron chi connectivity index (χ3n) is 3.04. The molecule has 0 fully saturated rings. The summed E-state index contributed by atoms with van der Waals surface area (Å²) in [4.78, 5) is 0. The molecule has 1 N–H and O–H groups in total. The highest BCUT2D eigenvalue weighted by atomic mass is 79.9. The van der Waals surface area contributed by atoms with Gasteiger partial charge in [0.2, 0.25) is 0 Å². The first-order chi connectivity index (χ1) is 9.01. The molecule has 1 atom stereocenters. The fourth-order valence-corrected chi connectivity index (χ4v) is 3.13. The maximum Gasteiger partial charge on any atom is 0.0575 e. The molecule has 0 spiro atoms. The van der Waals surface area contributed by atoms with Gasteiger partial charge in [-0.15, -0.1) is 0 Å². The number of rotatable bonds is 3. The van der Waals surface area contributed by atoms with Crippen LogP contribution in [0.1, 0.15) is 22.7 Å². The van der Waals surface area contributed by atoms with Crippen LogP contribution in [-0.2, 0) is 0 Å². The van der Waals surface area contributed by atoms with E-state index in [9.17, 15) is 0 Å². The topological polar surface area (TPSA) is 12.0 Å². The van der Waals surface area contributed by atoms with Crippen LogP contribution in [0.4, 0.5) is 0 Å². The van der Waals surface area contributed by atoms with Gasteiger partial charge in [-0.2, -0.15) is 0 Å². The maximum atomic E-state index is 6.20. The lowest BCUT2D eigenvalue weighted by atomic mass is 9.98. The molecular weight excluding hydrogens is 345 g/mol. The Kier molecular flexibility index (Phi) is 4.91. The van der Waals surface area contributed by atoms with Gasteiger partial charge in [0.25, 0.3) is 0 Å². The largest absolute Gasteiger partial charge is 0.309 e. The Hall–Kier alpha value is -0.540. The van der Waals surface area contributed by atoms with Gasteiger partial charge in [0.05, 0.1) is 6.04 Å². The van der Waals surface area contributed by atoms with Crippen LogP contribution in [0.15, 0.2) is 40.9 Å². The average molecular weight is 359 g/mol. The second kappa shape index (κ2) is 6.27. The van der Waals surface area contributed by atoms with Gasteiger partial charge in [0.15, 0.2) is 0 Å². The van der Waals surface area contributed by atoms with Crippen LogP contribution in [-0.4, -0.2) is 7.05 Å². The van der Waals surface area contributed by atoms with Crippen molar-refractivity contribution in [3.05, 3.63) is 67.6 Å². The van der Waals surface area contributed by atoms with Gasteiger partial charge >= 0.3 is 0 Å². The third-order valence-corrected chi connectivity index (χ3v) is 4.12. The molecule has 0 saturated carbocycles. The van der Waals surface area contributed by atoms with E-state index >= 15 is 0 Å². The summed E-state index contributed by atoms with van der Waals surface area (Å²) in [5.74, 6) is 0. The van der Waals surface area contributed by atoms with E-state index in [0.29, 0.717) is 5.02 Å². The molecule has 19 heavy (non-hydrogen) atoms. The van der Waals surface area contributed by atoms with Crippen molar-refractivity contribution < 1.29 is 0 Å². The Morgan fingerprint density at radius 2 is 1.79 bits per heavy atom. The second-order valence-electron chi connectivity index (χ2n) is 4.43. The standard InChI is InChI=1S/C15H14BrCl2N/c1-9-3-4-10(7-14(9)18)15(19-2)11-5-12(16)8-13(17)6-11/h3-8,15,19H,1-2H3. The van der Waals surface area contributed by atoms with Crippen molar-refractivity contribution in [2.75, 3.05) is 7.05 Å². The molecule has 0 aliphatic rings. The molecule has 0 aromatic heterocycles. The van der Waals surface area contributed by atoms with Crippen molar-refractivity contribution >= 4 is 39.1 Å². The van der Waals surface area contributed by atoms with Gasteiger partial charge < -0.3 is 5.32 Å². The van der Waals surface area contributed by atoms with Crippen LogP contribution >= 0.6 is 39.1 Å². The van der Waals surface area contributed by atoms with Gasteiger partial charge in [-0.05, 0) is 54.9 Å². The van der Waals surface area contributed by atoms with E-state index < -0.39 is 0 Å². The van der Waals surface area contributed by atoms with Crippen molar-refractivity contribution in [1.29, 1.82) is 0 Å². The molecule has 0 aliphatic carbocycles. The van der Waals surface area contributed by atoms with Gasteiger partial charge in [-0.3, -0.25) is 0 Å². The van der Waals surface area contributed by atoms with Crippen LogP contribution in [0.3, 0.4) is 0 Å². The van der Waals surface area contributed by atoms with E-state index in [0.717, 1.165) is 26.2 Å². The van der Waals surface area contributed by atoms with Gasteiger partial charge in [-0.25, -0.2) is 0 Å². The van der Waals surface area contributed by atoms with E-state index in [4.69, 9.17) is 23.2 Å². The third kappa shape index (κ3) is 3.51. The van der Waals surface area contributed by atoms with Gasteiger partial charge in [-0.1, -0.05) is 51.3 Å². The molecule has 0 radical (unpaired) electrons. The maximum absolute atomic E-state index is 6.20. The molecule has 0 amide bonds. The van der Waals surface area contributed by atoms with Crippen LogP contribution in [0.5, 0.6) is 0 Å². The molecule has 0 saturated heterocycles. The first-order valence-corrected chi connectivity index (χ1v) is 7.45. The summed E-state index contributed by atoms with van der Waals surface area (Å²) in [6, 6.07) is 12.1. The Morgan fingerprint density at radius 1 is 1.05 bits per heavy atom. The van der Waals surface area contributed by atoms with Crippen LogP contribution < -0.4 is 5.32 Å². The second-order valence-corrected chi connectivity index (χ2v) is 6.19. The Morgan fingerprint density at radius 3 is 2.37 bits per heavy atom. The quantitative estimate of drug-likeness (QED) is 0.777. The zero-order valence-electron chi connectivity index (χ0n) is 10.7. The number of halogens is 3. The lowest BCUT2D eigenvalue weighted by Crippen LogP contribution is -2.17. The molecule has 100 valence electrons. The molecule has 0 heterocycles. The van der Waals surface area contributed by atoms with Crippen molar-refractivity contribution in [3.8, 4) is 0 Å². The number of aryl methyl sites for hydroxylation is 1. The van der Waals surface area contributed by atoms with Crippen LogP contribution in [0, 0.1) is 6.92 Å². The zero-order valence-corrected chi connectivity index (χ0v) is 13.8. The number of nitrogens with one attached hydrogen (secondary N) is 1. The summed E-state index contributed by atoms with van der Waals surface area (Å²) < 4.78 is 0.966. The Balaban J connectivity index is 2.46. The molecule has 0 bridgehead atoms. The van der Waals surface area contributed by atoms with E-state index in [1.54, 1.807) is 0 Å². The first-order valence-electron chi connectivity index (χ1n) is 5.90. The predicted molar refractivity (Wildman–Crippen MR) is 86.2 cm³/mol. The fraction of sp³-hybridized carbons (Fsp3) is 0.200. The zero-order chi connectivity index (χ0) is 14.0. The summed E-state index contributed by atoms with van der Waals surface area (Å²) in [6.45, 7) is 2.00. The van der Waals surface area contributed by atoms with Crippen LogP contribution in [0.25, 0.3) is 0 Å². The minimum atomic E-state index is 0.0631. The average Bonchev–Trinajstić information content (AvgIpc) is 2.33. The highest BCUT2D eigenvalue weighted by molar-refractivity contribution is 9.10. The van der Waals surface area contributed by atoms with Gasteiger partial charge in [0.1, 0.15) is 0 Å². The molecule has 2 aromatic rings. The lowest BCUT2D eigenvalue weighted by molar-refractivity contribution is 0.691. The summed E-state index contributed by atoms with van der Waals surface area (Å²) >= 11 is 15.8. The predicted octanol–water partition coefficient (Wildman–Crippen LogP) is 5.37. The number of hydrogen-bond acceptors (Lipinski definition) is 1. The molecule has 1 unspecified atom stereocenters. The van der Waals surface area contributed by atoms with Crippen molar-refractivity contribution in [2.24, 2.45) is 0 Å². The minimum Gasteiger partial charge on any atom is -0.309 e. The van der Waals surface area contributed by atoms with E-state index in [1.807, 2.05) is 38.2 Å². The summed E-state index contributed by atoms with van der Waals surface area (Å²) in [6.07, 6.45) is 0. The lowest BCUT2D eigenvalue weighted by Gasteiger charge is -2.18. The molecular formula is C15H14BrCl2N. The molecule has 2 aromatic carbocycles. The Labute approximate surface area is 132 Å². The molecule has 0 aliphatic heterocycles. The van der Waals surface area contributed by atoms with Crippen molar-refractivity contribution in [1.82, 2.24) is 5.32 Å². The first kappa shape index (κ1) is 14.9.